The predicted molar refractivity (Wildman–Crippen MR) is 88.0 cm³/mol. The van der Waals surface area contributed by atoms with Crippen molar-refractivity contribution in [3.63, 3.8) is 0 Å². The fourth-order valence-electron chi connectivity index (χ4n) is 3.00. The summed E-state index contributed by atoms with van der Waals surface area (Å²) in [6, 6.07) is 4.70. The predicted octanol–water partition coefficient (Wildman–Crippen LogP) is 3.70. The van der Waals surface area contributed by atoms with Crippen molar-refractivity contribution < 1.29 is 49.4 Å². The molecule has 0 amide bonds. The minimum Gasteiger partial charge on any atom is -0.389 e. The topological polar surface area (TPSA) is 35.9 Å². The van der Waals surface area contributed by atoms with Crippen molar-refractivity contribution in [3.05, 3.63) is 29.8 Å². The Morgan fingerprint density at radius 1 is 0.900 bits per heavy atom. The van der Waals surface area contributed by atoms with Crippen LogP contribution >= 0.6 is 0 Å². The molecule has 1 heterocycles. The molecule has 1 aliphatic heterocycles. The third-order valence-corrected chi connectivity index (χ3v) is 4.43. The lowest BCUT2D eigenvalue weighted by Crippen LogP contribution is -2.50. The van der Waals surface area contributed by atoms with Crippen LogP contribution in [0.3, 0.4) is 0 Å². The largest absolute Gasteiger partial charge is 0.423 e. The second kappa shape index (κ2) is 9.18. The highest BCUT2D eigenvalue weighted by Crippen LogP contribution is 2.36. The minimum absolute atomic E-state index is 0.237. The molecular weight excluding hydrogens is 435 g/mol. The van der Waals surface area contributed by atoms with E-state index in [0.717, 1.165) is 12.1 Å². The van der Waals surface area contributed by atoms with Crippen LogP contribution in [0, 0.1) is 0 Å². The van der Waals surface area contributed by atoms with Gasteiger partial charge in [-0.1, -0.05) is 6.07 Å². The summed E-state index contributed by atoms with van der Waals surface area (Å²) in [5.74, 6) is 0. The van der Waals surface area contributed by atoms with E-state index in [1.807, 2.05) is 0 Å². The third kappa shape index (κ3) is 6.91. The lowest BCUT2D eigenvalue weighted by atomic mass is 10.1. The third-order valence-electron chi connectivity index (χ3n) is 4.43. The first-order chi connectivity index (χ1) is 13.7. The quantitative estimate of drug-likeness (QED) is 0.666. The zero-order valence-electron chi connectivity index (χ0n) is 15.4. The molecule has 1 aliphatic rings. The maximum atomic E-state index is 12.8. The summed E-state index contributed by atoms with van der Waals surface area (Å²) >= 11 is 0. The van der Waals surface area contributed by atoms with E-state index < -0.39 is 42.9 Å². The van der Waals surface area contributed by atoms with Gasteiger partial charge in [0.15, 0.2) is 0 Å². The van der Waals surface area contributed by atoms with Crippen LogP contribution in [0.25, 0.3) is 0 Å². The number of hydrogen-bond donors (Lipinski definition) is 1. The number of alkyl halides is 9. The number of nitrogens with zero attached hydrogens (tertiary/aromatic N) is 2. The van der Waals surface area contributed by atoms with Gasteiger partial charge in [0, 0.05) is 38.4 Å². The summed E-state index contributed by atoms with van der Waals surface area (Å²) in [5, 5.41) is 9.75. The van der Waals surface area contributed by atoms with Crippen LogP contribution in [0.4, 0.5) is 45.2 Å². The van der Waals surface area contributed by atoms with Gasteiger partial charge in [-0.15, -0.1) is 0 Å². The van der Waals surface area contributed by atoms with Gasteiger partial charge in [0.05, 0.1) is 18.3 Å². The Balaban J connectivity index is 1.85. The second-order valence-corrected chi connectivity index (χ2v) is 6.79. The van der Waals surface area contributed by atoms with E-state index in [4.69, 9.17) is 0 Å². The molecule has 0 spiro atoms. The van der Waals surface area contributed by atoms with Crippen LogP contribution in [0.1, 0.15) is 5.56 Å². The molecule has 13 heteroatoms. The number of piperazine rings is 1. The Bertz CT molecular complexity index is 669. The van der Waals surface area contributed by atoms with Gasteiger partial charge in [-0.25, -0.2) is 0 Å². The molecule has 1 atom stereocenters. The summed E-state index contributed by atoms with van der Waals surface area (Å²) in [6.45, 7) is -0.383. The van der Waals surface area contributed by atoms with Gasteiger partial charge in [-0.05, 0) is 18.2 Å². The van der Waals surface area contributed by atoms with Crippen molar-refractivity contribution in [3.8, 4) is 0 Å². The Morgan fingerprint density at radius 2 is 1.47 bits per heavy atom. The molecule has 0 saturated carbocycles. The molecule has 4 nitrogen and oxygen atoms in total. The molecule has 0 aliphatic carbocycles. The zero-order valence-corrected chi connectivity index (χ0v) is 15.4. The number of rotatable bonds is 6. The van der Waals surface area contributed by atoms with Gasteiger partial charge in [0.1, 0.15) is 0 Å². The monoisotopic (exact) mass is 454 g/mol. The maximum absolute atomic E-state index is 12.8. The van der Waals surface area contributed by atoms with Crippen molar-refractivity contribution in [2.45, 2.75) is 30.7 Å². The molecule has 1 aromatic carbocycles. The van der Waals surface area contributed by atoms with Crippen LogP contribution < -0.4 is 4.90 Å². The number of aliphatic hydroxyl groups excluding tert-OH is 1. The van der Waals surface area contributed by atoms with E-state index in [2.05, 4.69) is 4.74 Å². The molecule has 0 radical (unpaired) electrons. The number of anilines is 1. The first kappa shape index (κ1) is 24.5. The number of hydrogen-bond acceptors (Lipinski definition) is 4. The fraction of sp³-hybridized carbons (Fsp3) is 0.647. The first-order valence-corrected chi connectivity index (χ1v) is 8.75. The molecule has 30 heavy (non-hydrogen) atoms. The number of ether oxygens (including phenoxy) is 1. The van der Waals surface area contributed by atoms with Crippen LogP contribution in [-0.2, 0) is 10.9 Å². The fourth-order valence-corrected chi connectivity index (χ4v) is 3.00. The minimum atomic E-state index is -5.66. The van der Waals surface area contributed by atoms with E-state index in [-0.39, 0.29) is 32.7 Å². The van der Waals surface area contributed by atoms with E-state index in [1.54, 1.807) is 9.80 Å². The maximum Gasteiger partial charge on any atom is 0.423 e. The summed E-state index contributed by atoms with van der Waals surface area (Å²) in [7, 11) is 0. The lowest BCUT2D eigenvalue weighted by molar-refractivity contribution is -0.324. The molecule has 2 rings (SSSR count). The average Bonchev–Trinajstić information content (AvgIpc) is 2.59. The van der Waals surface area contributed by atoms with Gasteiger partial charge in [0.25, 0.3) is 0 Å². The molecule has 0 bridgehead atoms. The van der Waals surface area contributed by atoms with Gasteiger partial charge in [-0.2, -0.15) is 39.5 Å². The average molecular weight is 454 g/mol. The van der Waals surface area contributed by atoms with E-state index in [0.29, 0.717) is 5.69 Å². The van der Waals surface area contributed by atoms with Crippen LogP contribution in [-0.4, -0.2) is 73.9 Å². The van der Waals surface area contributed by atoms with Gasteiger partial charge < -0.3 is 14.7 Å². The van der Waals surface area contributed by atoms with Gasteiger partial charge >= 0.3 is 18.5 Å². The molecule has 0 unspecified atom stereocenters. The SMILES string of the molecule is O[C@H](COC(C(F)(F)F)C(F)(F)F)CN1CCN(c2cccc(C(F)(F)F)c2)CC1. The summed E-state index contributed by atoms with van der Waals surface area (Å²) < 4.78 is 117. The summed E-state index contributed by atoms with van der Waals surface area (Å²) in [4.78, 5) is 3.24. The smallest absolute Gasteiger partial charge is 0.389 e. The van der Waals surface area contributed by atoms with Crippen molar-refractivity contribution in [2.75, 3.05) is 44.2 Å². The highest BCUT2D eigenvalue weighted by molar-refractivity contribution is 5.49. The Labute approximate surface area is 165 Å². The van der Waals surface area contributed by atoms with Crippen LogP contribution in [0.2, 0.25) is 0 Å². The Morgan fingerprint density at radius 3 is 1.97 bits per heavy atom. The number of benzene rings is 1. The molecule has 1 saturated heterocycles. The first-order valence-electron chi connectivity index (χ1n) is 8.75. The lowest BCUT2D eigenvalue weighted by Gasteiger charge is -2.37. The number of halogens is 9. The van der Waals surface area contributed by atoms with Crippen molar-refractivity contribution >= 4 is 5.69 Å². The molecule has 1 N–H and O–H groups in total. The Hall–Kier alpha value is -1.73. The summed E-state index contributed by atoms with van der Waals surface area (Å²) in [6.07, 6.45) is -21.4. The molecule has 172 valence electrons. The summed E-state index contributed by atoms with van der Waals surface area (Å²) in [5.41, 5.74) is -0.467. The molecule has 1 fully saturated rings. The normalized spacial score (nSPS) is 18.2. The van der Waals surface area contributed by atoms with Crippen molar-refractivity contribution in [1.29, 1.82) is 0 Å². The van der Waals surface area contributed by atoms with Crippen LogP contribution in [0.15, 0.2) is 24.3 Å². The second-order valence-electron chi connectivity index (χ2n) is 6.79. The van der Waals surface area contributed by atoms with Crippen molar-refractivity contribution in [2.24, 2.45) is 0 Å². The molecule has 0 aromatic heterocycles. The Kier molecular flexibility index (Phi) is 7.51. The number of β-amino-alcohol motifs (C(OH)–C–C–N with tert-alkyl or cyclic N) is 1. The van der Waals surface area contributed by atoms with E-state index in [1.165, 1.54) is 12.1 Å². The van der Waals surface area contributed by atoms with E-state index >= 15 is 0 Å². The zero-order chi connectivity index (χ0) is 22.7. The highest BCUT2D eigenvalue weighted by atomic mass is 19.4. The standard InChI is InChI=1S/C17H19F9N2O2/c18-15(19,20)11-2-1-3-12(8-11)28-6-4-27(5-7-28)9-13(29)10-30-14(16(21,22)23)17(24,25)26/h1-3,8,13-14,29H,4-7,9-10H2/t13-/m0/s1. The highest BCUT2D eigenvalue weighted by Gasteiger charge is 2.58. The van der Waals surface area contributed by atoms with Crippen LogP contribution in [0.5, 0.6) is 0 Å². The molecule has 1 aromatic rings. The molecular formula is C17H19F9N2O2. The van der Waals surface area contributed by atoms with Gasteiger partial charge in [0.2, 0.25) is 6.10 Å². The van der Waals surface area contributed by atoms with E-state index in [9.17, 15) is 44.6 Å². The van der Waals surface area contributed by atoms with Crippen molar-refractivity contribution in [1.82, 2.24) is 4.90 Å². The number of aliphatic hydroxyl groups is 1. The van der Waals surface area contributed by atoms with Gasteiger partial charge in [-0.3, -0.25) is 4.90 Å².